The first-order valence-corrected chi connectivity index (χ1v) is 6.79. The van der Waals surface area contributed by atoms with Crippen molar-refractivity contribution in [3.8, 4) is 5.75 Å². The minimum Gasteiger partial charge on any atom is -0.435 e. The third-order valence-corrected chi connectivity index (χ3v) is 3.98. The molecule has 0 saturated heterocycles. The quantitative estimate of drug-likeness (QED) is 0.884. The van der Waals surface area contributed by atoms with E-state index in [1.54, 1.807) is 18.2 Å². The van der Waals surface area contributed by atoms with Crippen LogP contribution >= 0.6 is 34.5 Å². The number of hydrogen-bond acceptors (Lipinski definition) is 3. The highest BCUT2D eigenvalue weighted by molar-refractivity contribution is 7.20. The van der Waals surface area contributed by atoms with Gasteiger partial charge in [0, 0.05) is 5.56 Å². The van der Waals surface area contributed by atoms with Gasteiger partial charge in [-0.25, -0.2) is 0 Å². The number of benzene rings is 1. The van der Waals surface area contributed by atoms with Gasteiger partial charge in [0.05, 0.1) is 14.7 Å². The summed E-state index contributed by atoms with van der Waals surface area (Å²) in [6, 6.07) is 7.32. The third-order valence-electron chi connectivity index (χ3n) is 2.46. The van der Waals surface area contributed by atoms with E-state index in [9.17, 15) is 8.78 Å². The molecule has 0 saturated carbocycles. The Morgan fingerprint density at radius 2 is 1.95 bits per heavy atom. The fraction of sp³-hybridized carbons (Fsp3) is 0.167. The Hall–Kier alpha value is -0.880. The second kappa shape index (κ2) is 6.05. The average molecular weight is 324 g/mol. The van der Waals surface area contributed by atoms with Crippen molar-refractivity contribution in [2.24, 2.45) is 5.73 Å². The number of halogens is 4. The zero-order valence-electron chi connectivity index (χ0n) is 9.45. The summed E-state index contributed by atoms with van der Waals surface area (Å²) in [5.74, 6) is 0.0559. The molecule has 102 valence electrons. The molecule has 0 bridgehead atoms. The van der Waals surface area contributed by atoms with E-state index in [2.05, 4.69) is 4.74 Å². The van der Waals surface area contributed by atoms with Crippen molar-refractivity contribution in [1.29, 1.82) is 0 Å². The Kier molecular flexibility index (Phi) is 4.62. The minimum atomic E-state index is -2.87. The molecule has 0 aliphatic rings. The Morgan fingerprint density at radius 1 is 1.21 bits per heavy atom. The zero-order chi connectivity index (χ0) is 14.0. The number of alkyl halides is 2. The summed E-state index contributed by atoms with van der Waals surface area (Å²) >= 11 is 13.1. The van der Waals surface area contributed by atoms with Gasteiger partial charge in [-0.3, -0.25) is 0 Å². The molecule has 0 aliphatic heterocycles. The van der Waals surface area contributed by atoms with Crippen molar-refractivity contribution in [2.45, 2.75) is 12.7 Å². The Balaban J connectivity index is 2.28. The molecule has 2 aromatic rings. The highest BCUT2D eigenvalue weighted by Gasteiger charge is 2.16. The summed E-state index contributed by atoms with van der Waals surface area (Å²) in [5, 5.41) is 0. The number of hydrogen-bond donors (Lipinski definition) is 1. The van der Waals surface area contributed by atoms with Crippen molar-refractivity contribution in [3.05, 3.63) is 50.1 Å². The van der Waals surface area contributed by atoms with Crippen molar-refractivity contribution in [3.63, 3.8) is 0 Å². The van der Waals surface area contributed by atoms with Crippen LogP contribution in [0.3, 0.4) is 0 Å². The molecule has 1 heterocycles. The Labute approximate surface area is 122 Å². The number of ether oxygens (including phenoxy) is 1. The van der Waals surface area contributed by atoms with Gasteiger partial charge in [-0.05, 0) is 23.8 Å². The molecule has 1 aromatic heterocycles. The molecular weight excluding hydrogens is 315 g/mol. The van der Waals surface area contributed by atoms with Gasteiger partial charge < -0.3 is 10.5 Å². The largest absolute Gasteiger partial charge is 0.435 e. The molecule has 1 atom stereocenters. The molecule has 1 aromatic carbocycles. The first-order chi connectivity index (χ1) is 8.97. The van der Waals surface area contributed by atoms with Gasteiger partial charge in [-0.15, -0.1) is 11.3 Å². The lowest BCUT2D eigenvalue weighted by Crippen LogP contribution is -2.12. The highest BCUT2D eigenvalue weighted by atomic mass is 35.5. The number of thiophene rings is 1. The predicted octanol–water partition coefficient (Wildman–Crippen LogP) is 4.70. The lowest BCUT2D eigenvalue weighted by atomic mass is 10.0. The summed E-state index contributed by atoms with van der Waals surface area (Å²) in [6.07, 6.45) is 0. The summed E-state index contributed by atoms with van der Waals surface area (Å²) < 4.78 is 29.6. The summed E-state index contributed by atoms with van der Waals surface area (Å²) in [4.78, 5) is 0. The van der Waals surface area contributed by atoms with E-state index < -0.39 is 12.7 Å². The van der Waals surface area contributed by atoms with Crippen LogP contribution in [0.5, 0.6) is 5.75 Å². The second-order valence-electron chi connectivity index (χ2n) is 3.71. The van der Waals surface area contributed by atoms with E-state index in [1.165, 1.54) is 23.5 Å². The van der Waals surface area contributed by atoms with E-state index >= 15 is 0 Å². The van der Waals surface area contributed by atoms with Crippen LogP contribution in [-0.4, -0.2) is 6.61 Å². The van der Waals surface area contributed by atoms with Gasteiger partial charge in [0.1, 0.15) is 5.75 Å². The molecule has 0 amide bonds. The second-order valence-corrected chi connectivity index (χ2v) is 5.99. The maximum absolute atomic E-state index is 12.2. The summed E-state index contributed by atoms with van der Waals surface area (Å²) in [5.41, 5.74) is 7.33. The normalized spacial score (nSPS) is 12.7. The van der Waals surface area contributed by atoms with Crippen LogP contribution < -0.4 is 10.5 Å². The molecule has 2 rings (SSSR count). The SMILES string of the molecule is NC(c1cccc(OC(F)F)c1)c1cc(Cl)sc1Cl. The van der Waals surface area contributed by atoms with E-state index in [1.807, 2.05) is 0 Å². The predicted molar refractivity (Wildman–Crippen MR) is 73.4 cm³/mol. The lowest BCUT2D eigenvalue weighted by molar-refractivity contribution is -0.0498. The van der Waals surface area contributed by atoms with Gasteiger partial charge in [0.25, 0.3) is 0 Å². The van der Waals surface area contributed by atoms with Crippen LogP contribution in [0.1, 0.15) is 17.2 Å². The third kappa shape index (κ3) is 3.57. The first-order valence-electron chi connectivity index (χ1n) is 5.22. The maximum Gasteiger partial charge on any atom is 0.387 e. The van der Waals surface area contributed by atoms with Crippen molar-refractivity contribution >= 4 is 34.5 Å². The Bertz CT molecular complexity index is 577. The van der Waals surface area contributed by atoms with E-state index in [-0.39, 0.29) is 5.75 Å². The van der Waals surface area contributed by atoms with Gasteiger partial charge in [-0.1, -0.05) is 35.3 Å². The van der Waals surface area contributed by atoms with Crippen molar-refractivity contribution in [2.75, 3.05) is 0 Å². The van der Waals surface area contributed by atoms with E-state index in [0.717, 1.165) is 0 Å². The fourth-order valence-corrected chi connectivity index (χ4v) is 3.18. The van der Waals surface area contributed by atoms with Gasteiger partial charge in [0.2, 0.25) is 0 Å². The standard InChI is InChI=1S/C12H9Cl2F2NOS/c13-9-5-8(11(14)19-9)10(17)6-2-1-3-7(4-6)18-12(15)16/h1-5,10,12H,17H2. The Morgan fingerprint density at radius 3 is 2.53 bits per heavy atom. The molecule has 19 heavy (non-hydrogen) atoms. The van der Waals surface area contributed by atoms with Crippen LogP contribution in [-0.2, 0) is 0 Å². The van der Waals surface area contributed by atoms with Crippen LogP contribution in [0, 0.1) is 0 Å². The molecule has 2 N–H and O–H groups in total. The molecule has 1 unspecified atom stereocenters. The molecule has 0 fully saturated rings. The van der Waals surface area contributed by atoms with Crippen molar-refractivity contribution in [1.82, 2.24) is 0 Å². The van der Waals surface area contributed by atoms with Crippen molar-refractivity contribution < 1.29 is 13.5 Å². The van der Waals surface area contributed by atoms with Gasteiger partial charge in [-0.2, -0.15) is 8.78 Å². The van der Waals surface area contributed by atoms with Crippen LogP contribution in [0.4, 0.5) is 8.78 Å². The van der Waals surface area contributed by atoms with Crippen LogP contribution in [0.25, 0.3) is 0 Å². The monoisotopic (exact) mass is 323 g/mol. The fourth-order valence-electron chi connectivity index (χ4n) is 1.63. The highest BCUT2D eigenvalue weighted by Crippen LogP contribution is 2.36. The van der Waals surface area contributed by atoms with E-state index in [4.69, 9.17) is 28.9 Å². The first kappa shape index (κ1) is 14.5. The topological polar surface area (TPSA) is 35.2 Å². The summed E-state index contributed by atoms with van der Waals surface area (Å²) in [7, 11) is 0. The van der Waals surface area contributed by atoms with Crippen LogP contribution in [0.2, 0.25) is 8.67 Å². The van der Waals surface area contributed by atoms with Gasteiger partial charge in [0.15, 0.2) is 0 Å². The lowest BCUT2D eigenvalue weighted by Gasteiger charge is -2.13. The minimum absolute atomic E-state index is 0.0559. The summed E-state index contributed by atoms with van der Waals surface area (Å²) in [6.45, 7) is -2.87. The number of nitrogens with two attached hydrogens (primary N) is 1. The molecule has 0 radical (unpaired) electrons. The molecule has 7 heteroatoms. The van der Waals surface area contributed by atoms with E-state index in [0.29, 0.717) is 19.8 Å². The zero-order valence-corrected chi connectivity index (χ0v) is 11.8. The van der Waals surface area contributed by atoms with Gasteiger partial charge >= 0.3 is 6.61 Å². The average Bonchev–Trinajstić information content (AvgIpc) is 2.67. The maximum atomic E-state index is 12.2. The molecule has 0 aliphatic carbocycles. The molecule has 0 spiro atoms. The molecule has 2 nitrogen and oxygen atoms in total. The number of rotatable bonds is 4. The van der Waals surface area contributed by atoms with Crippen LogP contribution in [0.15, 0.2) is 30.3 Å². The molecular formula is C12H9Cl2F2NOS. The smallest absolute Gasteiger partial charge is 0.387 e.